The molecule has 5 rings (SSSR count). The van der Waals surface area contributed by atoms with E-state index in [0.29, 0.717) is 16.5 Å². The molecule has 1 aromatic carbocycles. The highest BCUT2D eigenvalue weighted by atomic mass is 32.2. The van der Waals surface area contributed by atoms with E-state index in [2.05, 4.69) is 38.7 Å². The zero-order valence-electron chi connectivity index (χ0n) is 22.3. The van der Waals surface area contributed by atoms with Crippen molar-refractivity contribution in [3.63, 3.8) is 0 Å². The van der Waals surface area contributed by atoms with Crippen LogP contribution in [0.15, 0.2) is 28.1 Å². The first-order chi connectivity index (χ1) is 17.3. The van der Waals surface area contributed by atoms with Crippen molar-refractivity contribution in [3.05, 3.63) is 40.1 Å². The second-order valence-electron chi connectivity index (χ2n) is 11.4. The molecule has 194 valence electrons. The quantitative estimate of drug-likeness (QED) is 0.389. The van der Waals surface area contributed by atoms with Gasteiger partial charge in [-0.15, -0.1) is 0 Å². The highest BCUT2D eigenvalue weighted by Gasteiger charge is 2.39. The number of rotatable bonds is 4. The van der Waals surface area contributed by atoms with Crippen LogP contribution in [0.5, 0.6) is 0 Å². The fourth-order valence-corrected chi connectivity index (χ4v) is 7.65. The summed E-state index contributed by atoms with van der Waals surface area (Å²) in [6, 6.07) is 4.10. The van der Waals surface area contributed by atoms with Crippen molar-refractivity contribution in [2.75, 3.05) is 11.4 Å². The van der Waals surface area contributed by atoms with Crippen LogP contribution in [-0.4, -0.2) is 40.1 Å². The van der Waals surface area contributed by atoms with Crippen molar-refractivity contribution < 1.29 is 9.18 Å². The number of amidine groups is 1. The Hall–Kier alpha value is -2.08. The molecule has 1 aromatic rings. The summed E-state index contributed by atoms with van der Waals surface area (Å²) in [5, 5.41) is 0.846. The smallest absolute Gasteiger partial charge is 0.267 e. The summed E-state index contributed by atoms with van der Waals surface area (Å²) < 4.78 is 15.5. The molecule has 1 amide bonds. The number of hydrogen-bond donors (Lipinski definition) is 0. The number of halogens is 1. The van der Waals surface area contributed by atoms with E-state index in [4.69, 9.17) is 4.99 Å². The maximum atomic E-state index is 15.5. The van der Waals surface area contributed by atoms with Crippen molar-refractivity contribution in [3.8, 4) is 0 Å². The van der Waals surface area contributed by atoms with Gasteiger partial charge in [0.1, 0.15) is 5.82 Å². The number of amides is 1. The van der Waals surface area contributed by atoms with E-state index in [1.54, 1.807) is 12.1 Å². The maximum Gasteiger partial charge on any atom is 0.267 e. The van der Waals surface area contributed by atoms with E-state index < -0.39 is 0 Å². The van der Waals surface area contributed by atoms with Gasteiger partial charge in [0.05, 0.1) is 16.5 Å². The van der Waals surface area contributed by atoms with E-state index >= 15 is 4.39 Å². The third kappa shape index (κ3) is 4.90. The lowest BCUT2D eigenvalue weighted by atomic mass is 9.88. The predicted molar refractivity (Wildman–Crippen MR) is 151 cm³/mol. The molecule has 36 heavy (non-hydrogen) atoms. The van der Waals surface area contributed by atoms with Crippen LogP contribution in [0.2, 0.25) is 0 Å². The lowest BCUT2D eigenvalue weighted by Gasteiger charge is -2.42. The van der Waals surface area contributed by atoms with Gasteiger partial charge in [-0.25, -0.2) is 4.39 Å². The standard InChI is InChI=1S/C30H40FN3OS/c1-5-33-26-18-25(31)21(16-24(26)20(2)19-30(33,3)4)17-27-28(35)34(23-14-10-7-11-15-23)29(36-27)32-22-12-8-6-9-13-22/h16-19,22-23H,5-15H2,1-4H3/b27-17+,32-29?. The second-order valence-corrected chi connectivity index (χ2v) is 12.4. The number of carbonyl (C=O) groups is 1. The molecule has 0 radical (unpaired) electrons. The highest BCUT2D eigenvalue weighted by Crippen LogP contribution is 2.42. The third-order valence-corrected chi connectivity index (χ3v) is 9.34. The lowest BCUT2D eigenvalue weighted by Crippen LogP contribution is -2.45. The Morgan fingerprint density at radius 3 is 2.42 bits per heavy atom. The molecule has 0 aromatic heterocycles. The number of fused-ring (bicyclic) bond motifs is 1. The molecule has 0 atom stereocenters. The van der Waals surface area contributed by atoms with Gasteiger partial charge in [-0.05, 0) is 88.9 Å². The second kappa shape index (κ2) is 10.4. The van der Waals surface area contributed by atoms with Gasteiger partial charge in [0.25, 0.3) is 5.91 Å². The molecule has 2 aliphatic carbocycles. The maximum absolute atomic E-state index is 15.5. The Balaban J connectivity index is 1.51. The normalized spacial score (nSPS) is 25.6. The fourth-order valence-electron chi connectivity index (χ4n) is 6.55. The molecule has 4 aliphatic rings. The Bertz CT molecular complexity index is 1110. The van der Waals surface area contributed by atoms with Crippen LogP contribution in [0.25, 0.3) is 11.6 Å². The third-order valence-electron chi connectivity index (χ3n) is 8.34. The number of aliphatic imine (C=N–C) groups is 1. The fraction of sp³-hybridized carbons (Fsp3) is 0.600. The molecule has 2 saturated carbocycles. The molecule has 0 unspecified atom stereocenters. The molecule has 4 nitrogen and oxygen atoms in total. The summed E-state index contributed by atoms with van der Waals surface area (Å²) in [6.45, 7) is 9.33. The number of anilines is 1. The first kappa shape index (κ1) is 25.6. The number of carbonyl (C=O) groups excluding carboxylic acids is 1. The number of likely N-dealkylation sites (N-methyl/N-ethyl adjacent to an activating group) is 1. The van der Waals surface area contributed by atoms with Gasteiger partial charge in [0.2, 0.25) is 0 Å². The van der Waals surface area contributed by atoms with Gasteiger partial charge in [0, 0.05) is 29.4 Å². The highest BCUT2D eigenvalue weighted by molar-refractivity contribution is 8.18. The molecule has 1 saturated heterocycles. The average Bonchev–Trinajstić information content (AvgIpc) is 3.15. The van der Waals surface area contributed by atoms with Crippen LogP contribution in [0.1, 0.15) is 103 Å². The lowest BCUT2D eigenvalue weighted by molar-refractivity contribution is -0.124. The van der Waals surface area contributed by atoms with E-state index in [-0.39, 0.29) is 23.3 Å². The Labute approximate surface area is 220 Å². The molecular weight excluding hydrogens is 469 g/mol. The van der Waals surface area contributed by atoms with Crippen LogP contribution in [0.4, 0.5) is 10.1 Å². The van der Waals surface area contributed by atoms with Crippen LogP contribution < -0.4 is 4.90 Å². The van der Waals surface area contributed by atoms with E-state index in [1.807, 2.05) is 11.0 Å². The number of nitrogens with zero attached hydrogens (tertiary/aromatic N) is 3. The SMILES string of the molecule is CCN1c2cc(F)c(/C=C3/SC(=NC4CCCCC4)N(C4CCCCC4)C3=O)cc2C(C)=CC1(C)C. The monoisotopic (exact) mass is 509 g/mol. The van der Waals surface area contributed by atoms with Crippen molar-refractivity contribution in [1.82, 2.24) is 4.90 Å². The Kier molecular flexibility index (Phi) is 7.35. The summed E-state index contributed by atoms with van der Waals surface area (Å²) in [7, 11) is 0. The average molecular weight is 510 g/mol. The van der Waals surface area contributed by atoms with Gasteiger partial charge < -0.3 is 4.90 Å². The predicted octanol–water partition coefficient (Wildman–Crippen LogP) is 7.79. The molecule has 3 fully saturated rings. The minimum Gasteiger partial charge on any atom is -0.363 e. The van der Waals surface area contributed by atoms with E-state index in [9.17, 15) is 4.79 Å². The number of benzene rings is 1. The van der Waals surface area contributed by atoms with Crippen molar-refractivity contribution in [2.45, 2.75) is 110 Å². The zero-order chi connectivity index (χ0) is 25.4. The van der Waals surface area contributed by atoms with Crippen molar-refractivity contribution in [2.24, 2.45) is 4.99 Å². The van der Waals surface area contributed by atoms with Crippen LogP contribution in [0, 0.1) is 5.82 Å². The summed E-state index contributed by atoms with van der Waals surface area (Å²) in [5.74, 6) is -0.275. The van der Waals surface area contributed by atoms with Crippen LogP contribution in [-0.2, 0) is 4.79 Å². The number of hydrogen-bond acceptors (Lipinski definition) is 4. The minimum atomic E-state index is -0.277. The zero-order valence-corrected chi connectivity index (χ0v) is 23.1. The molecule has 0 spiro atoms. The topological polar surface area (TPSA) is 35.9 Å². The molecule has 6 heteroatoms. The molecule has 0 N–H and O–H groups in total. The number of allylic oxidation sites excluding steroid dienone is 1. The first-order valence-electron chi connectivity index (χ1n) is 13.9. The molecule has 2 aliphatic heterocycles. The molecule has 2 heterocycles. The van der Waals surface area contributed by atoms with E-state index in [1.165, 1.54) is 37.4 Å². The molecular formula is C30H40FN3OS. The number of thioether (sulfide) groups is 1. The van der Waals surface area contributed by atoms with Gasteiger partial charge in [0.15, 0.2) is 5.17 Å². The van der Waals surface area contributed by atoms with Crippen molar-refractivity contribution >= 4 is 40.2 Å². The summed E-state index contributed by atoms with van der Waals surface area (Å²) >= 11 is 1.46. The van der Waals surface area contributed by atoms with Gasteiger partial charge in [-0.3, -0.25) is 14.7 Å². The van der Waals surface area contributed by atoms with Crippen LogP contribution in [0.3, 0.4) is 0 Å². The van der Waals surface area contributed by atoms with Gasteiger partial charge >= 0.3 is 0 Å². The Morgan fingerprint density at radius 1 is 1.08 bits per heavy atom. The summed E-state index contributed by atoms with van der Waals surface area (Å²) in [4.78, 5) is 23.6. The summed E-state index contributed by atoms with van der Waals surface area (Å²) in [5.41, 5.74) is 3.43. The molecule has 0 bridgehead atoms. The summed E-state index contributed by atoms with van der Waals surface area (Å²) in [6.07, 6.45) is 15.5. The first-order valence-corrected chi connectivity index (χ1v) is 14.7. The van der Waals surface area contributed by atoms with Gasteiger partial charge in [-0.1, -0.05) is 44.6 Å². The Morgan fingerprint density at radius 2 is 1.75 bits per heavy atom. The minimum absolute atomic E-state index is 0.00200. The van der Waals surface area contributed by atoms with E-state index in [0.717, 1.165) is 67.1 Å². The largest absolute Gasteiger partial charge is 0.363 e. The van der Waals surface area contributed by atoms with Crippen molar-refractivity contribution in [1.29, 1.82) is 0 Å². The van der Waals surface area contributed by atoms with Gasteiger partial charge in [-0.2, -0.15) is 0 Å². The van der Waals surface area contributed by atoms with Crippen LogP contribution >= 0.6 is 11.8 Å².